The molecule has 0 atom stereocenters. The smallest absolute Gasteiger partial charge is 0.267 e. The van der Waals surface area contributed by atoms with Gasteiger partial charge in [0.05, 0.1) is 30.3 Å². The van der Waals surface area contributed by atoms with E-state index >= 15 is 0 Å². The van der Waals surface area contributed by atoms with E-state index in [0.717, 1.165) is 5.56 Å². The van der Waals surface area contributed by atoms with Gasteiger partial charge in [0.1, 0.15) is 15.8 Å². The Morgan fingerprint density at radius 1 is 1.28 bits per heavy atom. The third-order valence-corrected chi connectivity index (χ3v) is 6.04. The summed E-state index contributed by atoms with van der Waals surface area (Å²) in [6.45, 7) is 3.75. The van der Waals surface area contributed by atoms with Crippen LogP contribution in [0, 0.1) is 6.92 Å². The van der Waals surface area contributed by atoms with Crippen LogP contribution >= 0.6 is 24.0 Å². The number of amides is 1. The number of fused-ring (bicyclic) bond motifs is 1. The van der Waals surface area contributed by atoms with E-state index in [4.69, 9.17) is 26.8 Å². The van der Waals surface area contributed by atoms with Crippen LogP contribution in [0.3, 0.4) is 0 Å². The largest absolute Gasteiger partial charge is 0.394 e. The van der Waals surface area contributed by atoms with Crippen molar-refractivity contribution in [3.05, 3.63) is 44.7 Å². The number of thiocarbonyl (C=S) groups is 1. The first-order valence-corrected chi connectivity index (χ1v) is 11.4. The molecule has 0 bridgehead atoms. The fourth-order valence-corrected chi connectivity index (χ4v) is 4.41. The molecule has 0 aromatic carbocycles. The number of pyridine rings is 1. The van der Waals surface area contributed by atoms with Crippen molar-refractivity contribution in [2.24, 2.45) is 0 Å². The molecule has 1 aliphatic heterocycles. The van der Waals surface area contributed by atoms with E-state index in [-0.39, 0.29) is 30.2 Å². The van der Waals surface area contributed by atoms with Crippen molar-refractivity contribution >= 4 is 51.7 Å². The topological polar surface area (TPSA) is 105 Å². The van der Waals surface area contributed by atoms with Crippen molar-refractivity contribution in [3.63, 3.8) is 0 Å². The summed E-state index contributed by atoms with van der Waals surface area (Å²) in [6, 6.07) is 3.64. The third-order valence-electron chi connectivity index (χ3n) is 4.66. The summed E-state index contributed by atoms with van der Waals surface area (Å²) in [5, 5.41) is 11.9. The minimum atomic E-state index is -0.290. The zero-order chi connectivity index (χ0) is 23.1. The lowest BCUT2D eigenvalue weighted by molar-refractivity contribution is -0.122. The molecule has 11 heteroatoms. The van der Waals surface area contributed by atoms with E-state index in [1.54, 1.807) is 25.4 Å². The Labute approximate surface area is 195 Å². The van der Waals surface area contributed by atoms with Gasteiger partial charge in [0, 0.05) is 33.0 Å². The Bertz CT molecular complexity index is 1090. The van der Waals surface area contributed by atoms with E-state index in [1.807, 2.05) is 13.0 Å². The highest BCUT2D eigenvalue weighted by Crippen LogP contribution is 2.33. The molecule has 1 amide bonds. The van der Waals surface area contributed by atoms with Gasteiger partial charge in [-0.3, -0.25) is 18.9 Å². The molecule has 2 aromatic heterocycles. The van der Waals surface area contributed by atoms with Gasteiger partial charge in [-0.05, 0) is 31.1 Å². The molecule has 9 nitrogen and oxygen atoms in total. The predicted octanol–water partition coefficient (Wildman–Crippen LogP) is 1.66. The number of carbonyl (C=O) groups is 1. The molecule has 2 N–H and O–H groups in total. The number of anilines is 1. The van der Waals surface area contributed by atoms with Gasteiger partial charge in [0.25, 0.3) is 11.5 Å². The maximum absolute atomic E-state index is 13.3. The molecule has 2 aromatic rings. The van der Waals surface area contributed by atoms with Crippen molar-refractivity contribution in [1.82, 2.24) is 14.3 Å². The molecule has 0 unspecified atom stereocenters. The van der Waals surface area contributed by atoms with Crippen LogP contribution in [0.25, 0.3) is 11.7 Å². The lowest BCUT2D eigenvalue weighted by Gasteiger charge is -2.13. The Balaban J connectivity index is 1.95. The predicted molar refractivity (Wildman–Crippen MR) is 129 cm³/mol. The molecule has 172 valence electrons. The number of aromatic nitrogens is 2. The first kappa shape index (κ1) is 24.3. The van der Waals surface area contributed by atoms with Crippen LogP contribution in [0.5, 0.6) is 0 Å². The molecule has 32 heavy (non-hydrogen) atoms. The third kappa shape index (κ3) is 5.73. The van der Waals surface area contributed by atoms with Crippen LogP contribution in [-0.2, 0) is 14.3 Å². The Hall–Kier alpha value is -2.31. The van der Waals surface area contributed by atoms with Crippen molar-refractivity contribution in [2.75, 3.05) is 51.9 Å². The number of nitrogens with one attached hydrogen (secondary N) is 1. The highest BCUT2D eigenvalue weighted by atomic mass is 32.2. The molecular formula is C21H26N4O5S2. The Morgan fingerprint density at radius 3 is 2.84 bits per heavy atom. The first-order valence-electron chi connectivity index (χ1n) is 10.2. The molecule has 3 rings (SSSR count). The quantitative estimate of drug-likeness (QED) is 0.283. The standard InChI is InChI=1S/C21H26N4O5S2/c1-14-4-5-17-23-18(22-6-10-30-11-8-26)15(19(27)25(17)13-14)12-16-20(28)24(21(31)32-16)7-3-9-29-2/h4-5,12-13,22,26H,3,6-11H2,1-2H3/b16-12+. The number of nitrogens with zero attached hydrogens (tertiary/aromatic N) is 3. The monoisotopic (exact) mass is 478 g/mol. The highest BCUT2D eigenvalue weighted by Gasteiger charge is 2.32. The molecule has 0 saturated carbocycles. The second-order valence-electron chi connectivity index (χ2n) is 7.06. The minimum Gasteiger partial charge on any atom is -0.394 e. The first-order chi connectivity index (χ1) is 15.5. The number of hydrogen-bond donors (Lipinski definition) is 2. The van der Waals surface area contributed by atoms with Crippen LogP contribution in [0.2, 0.25) is 0 Å². The Morgan fingerprint density at radius 2 is 2.09 bits per heavy atom. The van der Waals surface area contributed by atoms with Crippen LogP contribution < -0.4 is 10.9 Å². The summed E-state index contributed by atoms with van der Waals surface area (Å²) in [7, 11) is 1.61. The van der Waals surface area contributed by atoms with Gasteiger partial charge >= 0.3 is 0 Å². The van der Waals surface area contributed by atoms with Crippen molar-refractivity contribution in [1.29, 1.82) is 0 Å². The molecule has 0 radical (unpaired) electrons. The maximum atomic E-state index is 13.3. The zero-order valence-corrected chi connectivity index (χ0v) is 19.6. The summed E-state index contributed by atoms with van der Waals surface area (Å²) in [6.07, 6.45) is 3.93. The summed E-state index contributed by atoms with van der Waals surface area (Å²) in [5.74, 6) is 0.123. The molecule has 1 saturated heterocycles. The average Bonchev–Trinajstić information content (AvgIpc) is 3.04. The van der Waals surface area contributed by atoms with Gasteiger partial charge in [-0.2, -0.15) is 0 Å². The molecule has 0 aliphatic carbocycles. The highest BCUT2D eigenvalue weighted by molar-refractivity contribution is 8.26. The fraction of sp³-hybridized carbons (Fsp3) is 0.429. The normalized spacial score (nSPS) is 15.3. The van der Waals surface area contributed by atoms with E-state index in [0.29, 0.717) is 53.4 Å². The summed E-state index contributed by atoms with van der Waals surface area (Å²) < 4.78 is 12.2. The van der Waals surface area contributed by atoms with Gasteiger partial charge in [-0.25, -0.2) is 4.98 Å². The number of methoxy groups -OCH3 is 1. The number of ether oxygens (including phenoxy) is 2. The van der Waals surface area contributed by atoms with Crippen molar-refractivity contribution < 1.29 is 19.4 Å². The number of aryl methyl sites for hydroxylation is 1. The van der Waals surface area contributed by atoms with Crippen LogP contribution in [0.15, 0.2) is 28.0 Å². The SMILES string of the molecule is COCCCN1C(=O)/C(=C\c2c(NCCOCCO)nc3ccc(C)cn3c2=O)SC1=S. The number of aliphatic hydroxyl groups excluding tert-OH is 1. The second-order valence-corrected chi connectivity index (χ2v) is 8.73. The minimum absolute atomic E-state index is 0.0631. The number of hydrogen-bond acceptors (Lipinski definition) is 9. The summed E-state index contributed by atoms with van der Waals surface area (Å²) >= 11 is 6.53. The van der Waals surface area contributed by atoms with Crippen LogP contribution in [0.1, 0.15) is 17.5 Å². The number of thioether (sulfide) groups is 1. The van der Waals surface area contributed by atoms with E-state index in [2.05, 4.69) is 10.3 Å². The number of aliphatic hydroxyl groups is 1. The number of rotatable bonds is 11. The van der Waals surface area contributed by atoms with Crippen molar-refractivity contribution in [2.45, 2.75) is 13.3 Å². The van der Waals surface area contributed by atoms with Crippen molar-refractivity contribution in [3.8, 4) is 0 Å². The second kappa shape index (κ2) is 11.5. The van der Waals surface area contributed by atoms with Gasteiger partial charge in [0.2, 0.25) is 0 Å². The van der Waals surface area contributed by atoms with Gasteiger partial charge < -0.3 is 19.9 Å². The van der Waals surface area contributed by atoms with E-state index in [9.17, 15) is 9.59 Å². The number of carbonyl (C=O) groups excluding carboxylic acids is 1. The van der Waals surface area contributed by atoms with Gasteiger partial charge in [0.15, 0.2) is 0 Å². The average molecular weight is 479 g/mol. The van der Waals surface area contributed by atoms with Gasteiger partial charge in [-0.1, -0.05) is 30.0 Å². The lowest BCUT2D eigenvalue weighted by atomic mass is 10.2. The molecule has 1 aliphatic rings. The van der Waals surface area contributed by atoms with E-state index in [1.165, 1.54) is 21.1 Å². The summed E-state index contributed by atoms with van der Waals surface area (Å²) in [5.41, 5.74) is 1.38. The van der Waals surface area contributed by atoms with Gasteiger partial charge in [-0.15, -0.1) is 0 Å². The van der Waals surface area contributed by atoms with Crippen LogP contribution in [0.4, 0.5) is 5.82 Å². The molecule has 1 fully saturated rings. The fourth-order valence-electron chi connectivity index (χ4n) is 3.12. The molecular weight excluding hydrogens is 452 g/mol. The maximum Gasteiger partial charge on any atom is 0.267 e. The van der Waals surface area contributed by atoms with Crippen LogP contribution in [-0.4, -0.2) is 76.2 Å². The molecule has 0 spiro atoms. The Kier molecular flexibility index (Phi) is 8.76. The van der Waals surface area contributed by atoms with E-state index < -0.39 is 0 Å². The molecule has 3 heterocycles. The lowest BCUT2D eigenvalue weighted by Crippen LogP contribution is -2.29. The summed E-state index contributed by atoms with van der Waals surface area (Å²) in [4.78, 5) is 32.7. The zero-order valence-electron chi connectivity index (χ0n) is 18.0.